The van der Waals surface area contributed by atoms with Crippen LogP contribution in [0.2, 0.25) is 0 Å². The Labute approximate surface area is 171 Å². The molecule has 0 saturated heterocycles. The van der Waals surface area contributed by atoms with Crippen molar-refractivity contribution in [1.82, 2.24) is 0 Å². The van der Waals surface area contributed by atoms with E-state index in [0.717, 1.165) is 22.6 Å². The summed E-state index contributed by atoms with van der Waals surface area (Å²) in [7, 11) is 0. The number of furan rings is 1. The summed E-state index contributed by atoms with van der Waals surface area (Å²) in [5, 5.41) is 2.88. The second-order valence-electron chi connectivity index (χ2n) is 7.82. The van der Waals surface area contributed by atoms with Gasteiger partial charge in [0.2, 0.25) is 0 Å². The molecule has 29 heavy (non-hydrogen) atoms. The number of nitrogens with one attached hydrogen (secondary N) is 2. The molecule has 1 atom stereocenters. The van der Waals surface area contributed by atoms with Crippen molar-refractivity contribution in [3.8, 4) is 0 Å². The molecule has 1 unspecified atom stereocenters. The van der Waals surface area contributed by atoms with E-state index in [1.165, 1.54) is 16.5 Å². The average Bonchev–Trinajstić information content (AvgIpc) is 3.13. The molecule has 0 saturated carbocycles. The zero-order valence-electron chi connectivity index (χ0n) is 17.4. The summed E-state index contributed by atoms with van der Waals surface area (Å²) in [6.45, 7) is 9.57. The fourth-order valence-electron chi connectivity index (χ4n) is 3.21. The lowest BCUT2D eigenvalue weighted by atomic mass is 10.1. The maximum atomic E-state index is 13.5. The quantitative estimate of drug-likeness (QED) is 0.627. The second kappa shape index (κ2) is 9.05. The summed E-state index contributed by atoms with van der Waals surface area (Å²) < 4.78 is 19.3. The molecule has 3 rings (SSSR count). The molecule has 0 fully saturated rings. The number of anilines is 1. The molecule has 1 amide bonds. The third kappa shape index (κ3) is 5.55. The van der Waals surface area contributed by atoms with Crippen molar-refractivity contribution in [3.63, 3.8) is 0 Å². The Hall–Kier alpha value is -2.92. The fourth-order valence-corrected chi connectivity index (χ4v) is 3.21. The highest BCUT2D eigenvalue weighted by Crippen LogP contribution is 2.16. The normalized spacial score (nSPS) is 12.2. The molecule has 2 aromatic carbocycles. The van der Waals surface area contributed by atoms with Gasteiger partial charge < -0.3 is 14.6 Å². The van der Waals surface area contributed by atoms with Crippen molar-refractivity contribution >= 4 is 11.6 Å². The van der Waals surface area contributed by atoms with Crippen molar-refractivity contribution in [2.45, 2.75) is 46.8 Å². The van der Waals surface area contributed by atoms with Crippen LogP contribution in [-0.4, -0.2) is 11.9 Å². The minimum atomic E-state index is -0.268. The van der Waals surface area contributed by atoms with Gasteiger partial charge in [0, 0.05) is 11.3 Å². The molecule has 5 heteroatoms. The maximum absolute atomic E-state index is 13.5. The number of carbonyl (C=O) groups is 1. The lowest BCUT2D eigenvalue weighted by molar-refractivity contribution is -0.949. The molecular formula is C24H28FN2O2+. The van der Waals surface area contributed by atoms with Crippen LogP contribution in [0.1, 0.15) is 46.9 Å². The Morgan fingerprint density at radius 1 is 1.03 bits per heavy atom. The van der Waals surface area contributed by atoms with Gasteiger partial charge in [-0.05, 0) is 75.2 Å². The summed E-state index contributed by atoms with van der Waals surface area (Å²) >= 11 is 0. The van der Waals surface area contributed by atoms with Crippen molar-refractivity contribution in [2.24, 2.45) is 0 Å². The van der Waals surface area contributed by atoms with Crippen LogP contribution in [-0.2, 0) is 13.1 Å². The van der Waals surface area contributed by atoms with Crippen LogP contribution >= 0.6 is 0 Å². The molecule has 0 aliphatic heterocycles. The van der Waals surface area contributed by atoms with Gasteiger partial charge in [0.15, 0.2) is 11.5 Å². The van der Waals surface area contributed by atoms with Gasteiger partial charge >= 0.3 is 0 Å². The van der Waals surface area contributed by atoms with E-state index >= 15 is 0 Å². The topological polar surface area (TPSA) is 46.7 Å². The van der Waals surface area contributed by atoms with E-state index in [0.29, 0.717) is 19.1 Å². The molecule has 0 radical (unpaired) electrons. The predicted octanol–water partition coefficient (Wildman–Crippen LogP) is 4.28. The number of hydrogen-bond acceptors (Lipinski definition) is 2. The van der Waals surface area contributed by atoms with Crippen LogP contribution in [0.4, 0.5) is 10.1 Å². The first kappa shape index (κ1) is 20.8. The first-order chi connectivity index (χ1) is 13.8. The monoisotopic (exact) mass is 395 g/mol. The number of halogens is 1. The van der Waals surface area contributed by atoms with Gasteiger partial charge in [-0.3, -0.25) is 4.79 Å². The number of amides is 1. The Kier molecular flexibility index (Phi) is 6.49. The number of carbonyl (C=O) groups excluding carboxylic acids is 1. The molecule has 1 aromatic heterocycles. The van der Waals surface area contributed by atoms with E-state index in [2.05, 4.69) is 19.2 Å². The highest BCUT2D eigenvalue weighted by molar-refractivity contribution is 6.02. The van der Waals surface area contributed by atoms with E-state index in [9.17, 15) is 9.18 Å². The standard InChI is InChI=1S/C24H27FN2O2/c1-16(2)27(14-19-6-5-7-20(25)13-19)15-22-10-11-23(29-22)24(28)26-21-9-8-17(3)18(4)12-21/h5-13,16H,14-15H2,1-4H3,(H,26,28)/p+1. The third-order valence-electron chi connectivity index (χ3n) is 5.19. The van der Waals surface area contributed by atoms with E-state index in [4.69, 9.17) is 4.42 Å². The van der Waals surface area contributed by atoms with Crippen molar-refractivity contribution in [3.05, 3.63) is 88.6 Å². The molecule has 3 aromatic rings. The minimum absolute atomic E-state index is 0.228. The van der Waals surface area contributed by atoms with Crippen LogP contribution in [0, 0.1) is 19.7 Å². The van der Waals surface area contributed by atoms with Crippen LogP contribution in [0.5, 0.6) is 0 Å². The molecule has 4 nitrogen and oxygen atoms in total. The number of quaternary nitrogens is 1. The Balaban J connectivity index is 1.67. The molecule has 0 aliphatic carbocycles. The summed E-state index contributed by atoms with van der Waals surface area (Å²) in [4.78, 5) is 13.7. The highest BCUT2D eigenvalue weighted by atomic mass is 19.1. The highest BCUT2D eigenvalue weighted by Gasteiger charge is 2.19. The molecule has 0 aliphatic rings. The zero-order valence-corrected chi connectivity index (χ0v) is 17.4. The van der Waals surface area contributed by atoms with Crippen LogP contribution in [0.25, 0.3) is 0 Å². The van der Waals surface area contributed by atoms with Gasteiger partial charge in [-0.1, -0.05) is 18.2 Å². The van der Waals surface area contributed by atoms with Gasteiger partial charge in [0.05, 0.1) is 6.04 Å². The van der Waals surface area contributed by atoms with Crippen molar-refractivity contribution in [2.75, 3.05) is 5.32 Å². The van der Waals surface area contributed by atoms with Crippen LogP contribution in [0.3, 0.4) is 0 Å². The number of hydrogen-bond donors (Lipinski definition) is 2. The van der Waals surface area contributed by atoms with Gasteiger partial charge in [-0.25, -0.2) is 4.39 Å². The lowest BCUT2D eigenvalue weighted by Crippen LogP contribution is -3.12. The largest absolute Gasteiger partial charge is 0.450 e. The summed E-state index contributed by atoms with van der Waals surface area (Å²) in [6.07, 6.45) is 0. The fraction of sp³-hybridized carbons (Fsp3) is 0.292. The van der Waals surface area contributed by atoms with Gasteiger partial charge in [-0.15, -0.1) is 0 Å². The SMILES string of the molecule is Cc1ccc(NC(=O)c2ccc(C[NH+](Cc3cccc(F)c3)C(C)C)o2)cc1C. The van der Waals surface area contributed by atoms with Crippen LogP contribution < -0.4 is 10.2 Å². The lowest BCUT2D eigenvalue weighted by Gasteiger charge is -2.22. The number of benzene rings is 2. The van der Waals surface area contributed by atoms with E-state index in [-0.39, 0.29) is 17.5 Å². The van der Waals surface area contributed by atoms with E-state index < -0.39 is 0 Å². The van der Waals surface area contributed by atoms with Gasteiger partial charge in [0.1, 0.15) is 18.9 Å². The summed E-state index contributed by atoms with van der Waals surface area (Å²) in [5.41, 5.74) is 3.99. The van der Waals surface area contributed by atoms with Gasteiger partial charge in [0.25, 0.3) is 5.91 Å². The van der Waals surface area contributed by atoms with Crippen molar-refractivity contribution in [1.29, 1.82) is 0 Å². The third-order valence-corrected chi connectivity index (χ3v) is 5.19. The Bertz CT molecular complexity index is 994. The van der Waals surface area contributed by atoms with Crippen LogP contribution in [0.15, 0.2) is 59.0 Å². The Morgan fingerprint density at radius 3 is 2.52 bits per heavy atom. The zero-order chi connectivity index (χ0) is 21.0. The second-order valence-corrected chi connectivity index (χ2v) is 7.82. The number of aryl methyl sites for hydroxylation is 2. The molecular weight excluding hydrogens is 367 g/mol. The Morgan fingerprint density at radius 2 is 1.83 bits per heavy atom. The first-order valence-corrected chi connectivity index (χ1v) is 9.88. The van der Waals surface area contributed by atoms with Gasteiger partial charge in [-0.2, -0.15) is 0 Å². The predicted molar refractivity (Wildman–Crippen MR) is 112 cm³/mol. The minimum Gasteiger partial charge on any atom is -0.450 e. The molecule has 0 bridgehead atoms. The summed E-state index contributed by atoms with van der Waals surface area (Å²) in [5.74, 6) is 0.520. The van der Waals surface area contributed by atoms with Crippen molar-refractivity contribution < 1.29 is 18.5 Å². The molecule has 0 spiro atoms. The molecule has 152 valence electrons. The average molecular weight is 395 g/mol. The van der Waals surface area contributed by atoms with E-state index in [1.807, 2.05) is 44.2 Å². The smallest absolute Gasteiger partial charge is 0.291 e. The molecule has 2 N–H and O–H groups in total. The maximum Gasteiger partial charge on any atom is 0.291 e. The molecule has 1 heterocycles. The summed E-state index contributed by atoms with van der Waals surface area (Å²) in [6, 6.07) is 16.3. The number of rotatable bonds is 7. The first-order valence-electron chi connectivity index (χ1n) is 9.88. The van der Waals surface area contributed by atoms with E-state index in [1.54, 1.807) is 18.2 Å².